The SMILES string of the molecule is CCCCCCCCCC/C=C/C(O)C(CO)NC(=O)C(O)CCCCCCCC/C=C\C/C=C\CCCCCCCCCCC. The summed E-state index contributed by atoms with van der Waals surface area (Å²) in [6.45, 7) is 4.14. The molecule has 0 aliphatic heterocycles. The van der Waals surface area contributed by atoms with E-state index in [9.17, 15) is 20.1 Å². The van der Waals surface area contributed by atoms with Crippen LogP contribution in [0.2, 0.25) is 0 Å². The maximum atomic E-state index is 12.4. The lowest BCUT2D eigenvalue weighted by Gasteiger charge is -2.21. The Labute approximate surface area is 285 Å². The summed E-state index contributed by atoms with van der Waals surface area (Å²) in [5.74, 6) is -0.514. The van der Waals surface area contributed by atoms with Crippen molar-refractivity contribution in [3.05, 3.63) is 36.5 Å². The van der Waals surface area contributed by atoms with Crippen molar-refractivity contribution in [2.75, 3.05) is 6.61 Å². The first-order chi connectivity index (χ1) is 22.6. The van der Waals surface area contributed by atoms with Crippen LogP contribution < -0.4 is 5.32 Å². The van der Waals surface area contributed by atoms with Crippen molar-refractivity contribution in [2.24, 2.45) is 0 Å². The number of hydrogen-bond acceptors (Lipinski definition) is 4. The van der Waals surface area contributed by atoms with E-state index in [1.165, 1.54) is 128 Å². The van der Waals surface area contributed by atoms with E-state index in [4.69, 9.17) is 0 Å². The predicted molar refractivity (Wildman–Crippen MR) is 199 cm³/mol. The molecule has 0 heterocycles. The molecule has 0 aromatic heterocycles. The van der Waals surface area contributed by atoms with E-state index in [0.29, 0.717) is 6.42 Å². The van der Waals surface area contributed by atoms with Crippen molar-refractivity contribution in [2.45, 2.75) is 212 Å². The average molecular weight is 648 g/mol. The third-order valence-electron chi connectivity index (χ3n) is 8.98. The first kappa shape index (κ1) is 44.6. The molecule has 0 bridgehead atoms. The number of carbonyl (C=O) groups excluding carboxylic acids is 1. The van der Waals surface area contributed by atoms with Crippen molar-refractivity contribution in [3.8, 4) is 0 Å². The standard InChI is InChI=1S/C41H77NO4/c1-3-5-7-9-11-13-15-16-17-18-19-20-21-22-23-24-25-26-28-30-32-34-36-40(45)41(46)42-38(37-43)39(44)35-33-31-29-27-14-12-10-8-6-4-2/h19-20,22-23,33,35,38-40,43-45H,3-18,21,24-32,34,36-37H2,1-2H3,(H,42,46)/b20-19-,23-22-,35-33+. The monoisotopic (exact) mass is 648 g/mol. The molecule has 0 aromatic rings. The minimum Gasteiger partial charge on any atom is -0.394 e. The van der Waals surface area contributed by atoms with Gasteiger partial charge in [-0.3, -0.25) is 4.79 Å². The second kappa shape index (κ2) is 36.4. The molecular formula is C41H77NO4. The molecule has 5 nitrogen and oxygen atoms in total. The lowest BCUT2D eigenvalue weighted by atomic mass is 10.0. The topological polar surface area (TPSA) is 89.8 Å². The predicted octanol–water partition coefficient (Wildman–Crippen LogP) is 10.8. The molecular weight excluding hydrogens is 570 g/mol. The zero-order valence-corrected chi connectivity index (χ0v) is 30.5. The molecule has 0 spiro atoms. The van der Waals surface area contributed by atoms with Crippen molar-refractivity contribution < 1.29 is 20.1 Å². The highest BCUT2D eigenvalue weighted by atomic mass is 16.3. The quantitative estimate of drug-likeness (QED) is 0.0407. The van der Waals surface area contributed by atoms with Gasteiger partial charge in [-0.15, -0.1) is 0 Å². The number of rotatable bonds is 35. The van der Waals surface area contributed by atoms with Crippen molar-refractivity contribution in [1.29, 1.82) is 0 Å². The van der Waals surface area contributed by atoms with Crippen LogP contribution in [0, 0.1) is 0 Å². The third kappa shape index (κ3) is 31.2. The summed E-state index contributed by atoms with van der Waals surface area (Å²) in [4.78, 5) is 12.4. The largest absolute Gasteiger partial charge is 0.394 e. The van der Waals surface area contributed by atoms with Crippen LogP contribution in [0.25, 0.3) is 0 Å². The van der Waals surface area contributed by atoms with Crippen LogP contribution in [0.5, 0.6) is 0 Å². The number of hydrogen-bond donors (Lipinski definition) is 4. The fourth-order valence-corrected chi connectivity index (χ4v) is 5.80. The Hall–Kier alpha value is -1.43. The molecule has 4 N–H and O–H groups in total. The van der Waals surface area contributed by atoms with E-state index in [-0.39, 0.29) is 6.61 Å². The summed E-state index contributed by atoms with van der Waals surface area (Å²) >= 11 is 0. The van der Waals surface area contributed by atoms with Crippen LogP contribution in [0.4, 0.5) is 0 Å². The van der Waals surface area contributed by atoms with Gasteiger partial charge < -0.3 is 20.6 Å². The van der Waals surface area contributed by atoms with Crippen molar-refractivity contribution in [3.63, 3.8) is 0 Å². The lowest BCUT2D eigenvalue weighted by Crippen LogP contribution is -2.48. The van der Waals surface area contributed by atoms with Crippen molar-refractivity contribution in [1.82, 2.24) is 5.32 Å². The molecule has 0 aliphatic carbocycles. The maximum Gasteiger partial charge on any atom is 0.249 e. The molecule has 1 amide bonds. The number of allylic oxidation sites excluding steroid dienone is 5. The highest BCUT2D eigenvalue weighted by Crippen LogP contribution is 2.13. The molecule has 46 heavy (non-hydrogen) atoms. The third-order valence-corrected chi connectivity index (χ3v) is 8.98. The minimum absolute atomic E-state index is 0.368. The molecule has 0 aromatic carbocycles. The van der Waals surface area contributed by atoms with Gasteiger partial charge in [0.15, 0.2) is 0 Å². The van der Waals surface area contributed by atoms with Gasteiger partial charge >= 0.3 is 0 Å². The summed E-state index contributed by atoms with van der Waals surface area (Å²) in [5.41, 5.74) is 0. The molecule has 0 radical (unpaired) electrons. The van der Waals surface area contributed by atoms with Gasteiger partial charge in [0.2, 0.25) is 5.91 Å². The molecule has 3 atom stereocenters. The summed E-state index contributed by atoms with van der Waals surface area (Å²) in [5, 5.41) is 32.9. The Kier molecular flexibility index (Phi) is 35.3. The fraction of sp³-hybridized carbons (Fsp3) is 0.829. The van der Waals surface area contributed by atoms with Crippen LogP contribution in [0.1, 0.15) is 194 Å². The Bertz CT molecular complexity index is 719. The summed E-state index contributed by atoms with van der Waals surface area (Å²) < 4.78 is 0. The highest BCUT2D eigenvalue weighted by molar-refractivity contribution is 5.80. The van der Waals surface area contributed by atoms with Crippen LogP contribution >= 0.6 is 0 Å². The van der Waals surface area contributed by atoms with Gasteiger partial charge in [-0.2, -0.15) is 0 Å². The Morgan fingerprint density at radius 3 is 1.37 bits per heavy atom. The molecule has 5 heteroatoms. The van der Waals surface area contributed by atoms with Crippen molar-refractivity contribution >= 4 is 5.91 Å². The number of amides is 1. The average Bonchev–Trinajstić information content (AvgIpc) is 3.06. The van der Waals surface area contributed by atoms with E-state index in [1.54, 1.807) is 6.08 Å². The minimum atomic E-state index is -1.10. The fourth-order valence-electron chi connectivity index (χ4n) is 5.80. The van der Waals surface area contributed by atoms with E-state index >= 15 is 0 Å². The second-order valence-electron chi connectivity index (χ2n) is 13.5. The van der Waals surface area contributed by atoms with Crippen LogP contribution in [-0.4, -0.2) is 46.1 Å². The summed E-state index contributed by atoms with van der Waals surface area (Å²) in [7, 11) is 0. The first-order valence-corrected chi connectivity index (χ1v) is 19.8. The van der Waals surface area contributed by atoms with Gasteiger partial charge in [-0.25, -0.2) is 0 Å². The number of aliphatic hydroxyl groups excluding tert-OH is 3. The number of aliphatic hydroxyl groups is 3. The molecule has 0 saturated carbocycles. The van der Waals surface area contributed by atoms with Gasteiger partial charge in [0.05, 0.1) is 18.8 Å². The van der Waals surface area contributed by atoms with Gasteiger partial charge in [-0.05, 0) is 51.4 Å². The van der Waals surface area contributed by atoms with Gasteiger partial charge in [0, 0.05) is 0 Å². The van der Waals surface area contributed by atoms with Crippen LogP contribution in [-0.2, 0) is 4.79 Å². The molecule has 0 fully saturated rings. The van der Waals surface area contributed by atoms with Gasteiger partial charge in [0.1, 0.15) is 6.10 Å². The summed E-state index contributed by atoms with van der Waals surface area (Å²) in [6.07, 6.45) is 44.5. The number of nitrogens with one attached hydrogen (secondary N) is 1. The molecule has 270 valence electrons. The lowest BCUT2D eigenvalue weighted by molar-refractivity contribution is -0.131. The van der Waals surface area contributed by atoms with Gasteiger partial charge in [-0.1, -0.05) is 179 Å². The maximum absolute atomic E-state index is 12.4. The highest BCUT2D eigenvalue weighted by Gasteiger charge is 2.22. The smallest absolute Gasteiger partial charge is 0.249 e. The van der Waals surface area contributed by atoms with Crippen LogP contribution in [0.3, 0.4) is 0 Å². The summed E-state index contributed by atoms with van der Waals surface area (Å²) in [6, 6.07) is -0.799. The van der Waals surface area contributed by atoms with Gasteiger partial charge in [0.25, 0.3) is 0 Å². The Morgan fingerprint density at radius 1 is 0.543 bits per heavy atom. The molecule has 0 aliphatic rings. The van der Waals surface area contributed by atoms with E-state index < -0.39 is 24.2 Å². The first-order valence-electron chi connectivity index (χ1n) is 19.8. The normalized spacial score (nSPS) is 14.1. The number of carbonyl (C=O) groups is 1. The Balaban J connectivity index is 3.70. The second-order valence-corrected chi connectivity index (χ2v) is 13.5. The number of unbranched alkanes of at least 4 members (excludes halogenated alkanes) is 23. The zero-order valence-electron chi connectivity index (χ0n) is 30.5. The molecule has 0 rings (SSSR count). The molecule has 3 unspecified atom stereocenters. The van der Waals surface area contributed by atoms with E-state index in [0.717, 1.165) is 44.9 Å². The van der Waals surface area contributed by atoms with E-state index in [2.05, 4.69) is 43.5 Å². The van der Waals surface area contributed by atoms with E-state index in [1.807, 2.05) is 6.08 Å². The molecule has 0 saturated heterocycles. The zero-order chi connectivity index (χ0) is 33.8. The van der Waals surface area contributed by atoms with Crippen LogP contribution in [0.15, 0.2) is 36.5 Å². The Morgan fingerprint density at radius 2 is 0.935 bits per heavy atom.